The number of nitrogens with zero attached hydrogens (tertiary/aromatic N) is 2. The van der Waals surface area contributed by atoms with Crippen molar-refractivity contribution >= 4 is 0 Å². The molecule has 0 spiro atoms. The molecule has 3 unspecified atom stereocenters. The van der Waals surface area contributed by atoms with E-state index >= 15 is 0 Å². The van der Waals surface area contributed by atoms with Crippen LogP contribution in [0, 0.1) is 11.8 Å². The minimum absolute atomic E-state index is 0.569. The molecule has 0 saturated heterocycles. The van der Waals surface area contributed by atoms with E-state index in [1.165, 1.54) is 31.4 Å². The van der Waals surface area contributed by atoms with E-state index in [0.29, 0.717) is 12.1 Å². The monoisotopic (exact) mass is 277 g/mol. The van der Waals surface area contributed by atoms with Crippen molar-refractivity contribution in [2.75, 3.05) is 6.54 Å². The molecule has 1 aliphatic carbocycles. The maximum absolute atomic E-state index is 4.82. The average Bonchev–Trinajstić information content (AvgIpc) is 3.03. The van der Waals surface area contributed by atoms with E-state index in [-0.39, 0.29) is 0 Å². The Morgan fingerprint density at radius 2 is 2.05 bits per heavy atom. The molecule has 3 nitrogen and oxygen atoms in total. The summed E-state index contributed by atoms with van der Waals surface area (Å²) in [5, 5.41) is 8.44. The maximum Gasteiger partial charge on any atom is 0.0627 e. The molecule has 1 aliphatic rings. The van der Waals surface area contributed by atoms with Crippen LogP contribution in [0.4, 0.5) is 0 Å². The second kappa shape index (κ2) is 7.26. The highest BCUT2D eigenvalue weighted by molar-refractivity contribution is 5.03. The summed E-state index contributed by atoms with van der Waals surface area (Å²) >= 11 is 0. The van der Waals surface area contributed by atoms with Crippen LogP contribution in [0.25, 0.3) is 0 Å². The summed E-state index contributed by atoms with van der Waals surface area (Å²) in [6.45, 7) is 10.2. The predicted octanol–water partition coefficient (Wildman–Crippen LogP) is 3.81. The van der Waals surface area contributed by atoms with Gasteiger partial charge in [-0.3, -0.25) is 4.68 Å². The Morgan fingerprint density at radius 1 is 1.30 bits per heavy atom. The topological polar surface area (TPSA) is 29.9 Å². The van der Waals surface area contributed by atoms with Crippen LogP contribution in [0.5, 0.6) is 0 Å². The average molecular weight is 277 g/mol. The molecule has 1 heterocycles. The molecule has 20 heavy (non-hydrogen) atoms. The van der Waals surface area contributed by atoms with Crippen LogP contribution in [0.2, 0.25) is 0 Å². The minimum Gasteiger partial charge on any atom is -0.314 e. The molecular weight excluding hydrogens is 246 g/mol. The van der Waals surface area contributed by atoms with Crippen LogP contribution >= 0.6 is 0 Å². The number of aromatic nitrogens is 2. The third-order valence-corrected chi connectivity index (χ3v) is 5.14. The quantitative estimate of drug-likeness (QED) is 0.821. The molecule has 1 aromatic rings. The number of hydrogen-bond donors (Lipinski definition) is 1. The van der Waals surface area contributed by atoms with Gasteiger partial charge in [0.1, 0.15) is 0 Å². The molecule has 0 aromatic carbocycles. The Hall–Kier alpha value is -0.830. The second-order valence-corrected chi connectivity index (χ2v) is 6.32. The molecule has 1 aromatic heterocycles. The van der Waals surface area contributed by atoms with Crippen molar-refractivity contribution in [3.8, 4) is 0 Å². The smallest absolute Gasteiger partial charge is 0.0627 e. The summed E-state index contributed by atoms with van der Waals surface area (Å²) in [6.07, 6.45) is 8.33. The van der Waals surface area contributed by atoms with Gasteiger partial charge in [0.05, 0.1) is 11.7 Å². The molecular formula is C17H31N3. The van der Waals surface area contributed by atoms with Gasteiger partial charge in [-0.2, -0.15) is 5.10 Å². The highest BCUT2D eigenvalue weighted by Crippen LogP contribution is 2.34. The first-order valence-corrected chi connectivity index (χ1v) is 8.46. The van der Waals surface area contributed by atoms with Crippen molar-refractivity contribution in [2.45, 2.75) is 71.9 Å². The van der Waals surface area contributed by atoms with Gasteiger partial charge in [-0.15, -0.1) is 0 Å². The van der Waals surface area contributed by atoms with E-state index in [4.69, 9.17) is 5.10 Å². The first kappa shape index (κ1) is 15.6. The van der Waals surface area contributed by atoms with Gasteiger partial charge >= 0.3 is 0 Å². The lowest BCUT2D eigenvalue weighted by atomic mass is 9.91. The first-order valence-electron chi connectivity index (χ1n) is 8.46. The van der Waals surface area contributed by atoms with Crippen molar-refractivity contribution in [1.29, 1.82) is 0 Å². The molecule has 3 atom stereocenters. The second-order valence-electron chi connectivity index (χ2n) is 6.32. The van der Waals surface area contributed by atoms with E-state index in [1.807, 2.05) is 0 Å². The van der Waals surface area contributed by atoms with Crippen LogP contribution in [0.15, 0.2) is 12.3 Å². The van der Waals surface area contributed by atoms with Gasteiger partial charge in [0.15, 0.2) is 0 Å². The Labute approximate surface area is 124 Å². The van der Waals surface area contributed by atoms with Crippen LogP contribution in [0.1, 0.15) is 65.1 Å². The van der Waals surface area contributed by atoms with E-state index in [9.17, 15) is 0 Å². The van der Waals surface area contributed by atoms with E-state index in [1.54, 1.807) is 0 Å². The summed E-state index contributed by atoms with van der Waals surface area (Å²) in [5.74, 6) is 1.57. The lowest BCUT2D eigenvalue weighted by Crippen LogP contribution is -2.32. The van der Waals surface area contributed by atoms with Crippen LogP contribution in [0.3, 0.4) is 0 Å². The van der Waals surface area contributed by atoms with E-state index < -0.39 is 0 Å². The molecule has 1 N–H and O–H groups in total. The number of rotatable bonds is 7. The van der Waals surface area contributed by atoms with E-state index in [2.05, 4.69) is 50.0 Å². The Balaban J connectivity index is 1.94. The Bertz CT molecular complexity index is 395. The van der Waals surface area contributed by atoms with Gasteiger partial charge in [-0.05, 0) is 56.6 Å². The molecule has 1 fully saturated rings. The first-order chi connectivity index (χ1) is 9.69. The zero-order valence-corrected chi connectivity index (χ0v) is 13.6. The lowest BCUT2D eigenvalue weighted by Gasteiger charge is -2.20. The molecule has 0 aliphatic heterocycles. The molecule has 0 amide bonds. The summed E-state index contributed by atoms with van der Waals surface area (Å²) in [7, 11) is 0. The van der Waals surface area contributed by atoms with Crippen molar-refractivity contribution in [3.05, 3.63) is 18.0 Å². The Morgan fingerprint density at radius 3 is 2.70 bits per heavy atom. The fourth-order valence-corrected chi connectivity index (χ4v) is 3.71. The normalized spacial score (nSPS) is 26.6. The van der Waals surface area contributed by atoms with Gasteiger partial charge in [-0.25, -0.2) is 0 Å². The van der Waals surface area contributed by atoms with Crippen molar-refractivity contribution < 1.29 is 0 Å². The summed E-state index contributed by atoms with van der Waals surface area (Å²) in [5.41, 5.74) is 1.28. The van der Waals surface area contributed by atoms with Gasteiger partial charge in [0.25, 0.3) is 0 Å². The number of hydrogen-bond acceptors (Lipinski definition) is 2. The SMILES string of the molecule is CCNC1CCC(Cc2ccn(C(CC)CC)n2)C1C. The van der Waals surface area contributed by atoms with Crippen molar-refractivity contribution in [3.63, 3.8) is 0 Å². The number of nitrogens with one attached hydrogen (secondary N) is 1. The van der Waals surface area contributed by atoms with Crippen LogP contribution < -0.4 is 5.32 Å². The van der Waals surface area contributed by atoms with Crippen molar-refractivity contribution in [1.82, 2.24) is 15.1 Å². The third kappa shape index (κ3) is 3.43. The highest BCUT2D eigenvalue weighted by atomic mass is 15.3. The largest absolute Gasteiger partial charge is 0.314 e. The standard InChI is InChI=1S/C17H31N3/c1-5-16(6-2)20-11-10-15(19-20)12-14-8-9-17(13(14)4)18-7-3/h10-11,13-14,16-18H,5-9,12H2,1-4H3. The zero-order chi connectivity index (χ0) is 14.5. The maximum atomic E-state index is 4.82. The molecule has 1 saturated carbocycles. The summed E-state index contributed by atoms with van der Waals surface area (Å²) in [4.78, 5) is 0. The van der Waals surface area contributed by atoms with Crippen LogP contribution in [-0.4, -0.2) is 22.4 Å². The third-order valence-electron chi connectivity index (χ3n) is 5.14. The lowest BCUT2D eigenvalue weighted by molar-refractivity contribution is 0.350. The van der Waals surface area contributed by atoms with Gasteiger partial charge in [0, 0.05) is 12.2 Å². The molecule has 2 rings (SSSR count). The predicted molar refractivity (Wildman–Crippen MR) is 84.9 cm³/mol. The van der Waals surface area contributed by atoms with Crippen molar-refractivity contribution in [2.24, 2.45) is 11.8 Å². The summed E-state index contributed by atoms with van der Waals surface area (Å²) < 4.78 is 2.18. The minimum atomic E-state index is 0.569. The van der Waals surface area contributed by atoms with Gasteiger partial charge in [0.2, 0.25) is 0 Å². The molecule has 0 bridgehead atoms. The van der Waals surface area contributed by atoms with Gasteiger partial charge in [-0.1, -0.05) is 27.7 Å². The fourth-order valence-electron chi connectivity index (χ4n) is 3.71. The summed E-state index contributed by atoms with van der Waals surface area (Å²) in [6, 6.07) is 3.51. The highest BCUT2D eigenvalue weighted by Gasteiger charge is 2.32. The Kier molecular flexibility index (Phi) is 5.64. The van der Waals surface area contributed by atoms with Gasteiger partial charge < -0.3 is 5.32 Å². The van der Waals surface area contributed by atoms with Crippen LogP contribution in [-0.2, 0) is 6.42 Å². The fraction of sp³-hybridized carbons (Fsp3) is 0.824. The zero-order valence-electron chi connectivity index (χ0n) is 13.6. The van der Waals surface area contributed by atoms with E-state index in [0.717, 1.165) is 24.8 Å². The molecule has 114 valence electrons. The molecule has 0 radical (unpaired) electrons. The molecule has 3 heteroatoms.